The van der Waals surface area contributed by atoms with Gasteiger partial charge in [0, 0.05) is 39.9 Å². The summed E-state index contributed by atoms with van der Waals surface area (Å²) >= 11 is 5.32. The molecule has 0 saturated heterocycles. The van der Waals surface area contributed by atoms with Crippen LogP contribution in [0.15, 0.2) is 181 Å². The van der Waals surface area contributed by atoms with Gasteiger partial charge in [-0.05, 0) is 177 Å². The van der Waals surface area contributed by atoms with Crippen LogP contribution in [0.25, 0.3) is 22.5 Å². The first-order chi connectivity index (χ1) is 39.7. The number of hydrogen-bond donors (Lipinski definition) is 2. The van der Waals surface area contributed by atoms with Gasteiger partial charge in [-0.3, -0.25) is 19.2 Å². The molecule has 2 aromatic heterocycles. The predicted octanol–water partition coefficient (Wildman–Crippen LogP) is 17.3. The molecule has 2 heterocycles. The summed E-state index contributed by atoms with van der Waals surface area (Å²) in [5.74, 6) is -3.89. The lowest BCUT2D eigenvalue weighted by Gasteiger charge is -2.07. The van der Waals surface area contributed by atoms with Crippen LogP contribution < -0.4 is 30.8 Å². The number of nitrogens with two attached hydrogens (primary N) is 1. The topological polar surface area (TPSA) is 224 Å². The fraction of sp³-hybridized carbons (Fsp3) is 0.0645. The van der Waals surface area contributed by atoms with E-state index in [1.807, 2.05) is 0 Å². The quantitative estimate of drug-likeness (QED) is 0.0558. The molecule has 24 heteroatoms. The van der Waals surface area contributed by atoms with Crippen LogP contribution in [0.4, 0.5) is 35.1 Å². The van der Waals surface area contributed by atoms with Crippen LogP contribution in [-0.2, 0) is 0 Å². The second kappa shape index (κ2) is 32.6. The van der Waals surface area contributed by atoms with E-state index in [-0.39, 0.29) is 80.9 Å². The van der Waals surface area contributed by atoms with Crippen LogP contribution in [-0.4, -0.2) is 44.0 Å². The van der Waals surface area contributed by atoms with Crippen molar-refractivity contribution in [2.24, 2.45) is 5.73 Å². The number of carbonyl (C=O) groups is 4. The number of nitrogens with zero attached hydrogens (tertiary/aromatic N) is 2. The molecule has 7 N–H and O–H groups in total. The molecule has 0 fully saturated rings. The third kappa shape index (κ3) is 19.8. The zero-order valence-corrected chi connectivity index (χ0v) is 47.4. The number of ketones is 3. The van der Waals surface area contributed by atoms with Crippen molar-refractivity contribution in [2.75, 3.05) is 5.33 Å². The molecule has 10 aromatic rings. The van der Waals surface area contributed by atoms with Gasteiger partial charge in [0.05, 0.1) is 16.7 Å². The number of alkyl halides is 1. The van der Waals surface area contributed by atoms with E-state index in [9.17, 15) is 54.3 Å². The molecule has 0 aliphatic carbocycles. The maximum atomic E-state index is 14.2. The molecule has 446 valence electrons. The minimum Gasteiger partial charge on any atom is -0.454 e. The van der Waals surface area contributed by atoms with Gasteiger partial charge in [-0.15, -0.1) is 22.7 Å². The van der Waals surface area contributed by atoms with Gasteiger partial charge in [0.15, 0.2) is 73.6 Å². The summed E-state index contributed by atoms with van der Waals surface area (Å²) in [5, 5.41) is 3.99. The Balaban J connectivity index is 0.000000244. The van der Waals surface area contributed by atoms with Gasteiger partial charge in [0.25, 0.3) is 5.91 Å². The number of ether oxygens (including phenoxy) is 4. The highest BCUT2D eigenvalue weighted by Gasteiger charge is 2.16. The Morgan fingerprint density at radius 1 is 0.442 bits per heavy atom. The number of amides is 1. The third-order valence-corrected chi connectivity index (χ3v) is 13.2. The van der Waals surface area contributed by atoms with Crippen LogP contribution in [0.3, 0.4) is 0 Å². The van der Waals surface area contributed by atoms with Crippen LogP contribution in [0.1, 0.15) is 61.6 Å². The fourth-order valence-corrected chi connectivity index (χ4v) is 8.46. The first-order valence-corrected chi connectivity index (χ1v) is 26.8. The van der Waals surface area contributed by atoms with Gasteiger partial charge < -0.3 is 36.3 Å². The molecule has 8 aromatic carbocycles. The van der Waals surface area contributed by atoms with Gasteiger partial charge in [-0.2, -0.15) is 0 Å². The molecule has 0 aliphatic heterocycles. The average molecular weight is 1290 g/mol. The Morgan fingerprint density at radius 2 is 0.744 bits per heavy atom. The van der Waals surface area contributed by atoms with Crippen molar-refractivity contribution in [3.05, 3.63) is 248 Å². The smallest absolute Gasteiger partial charge is 0.277 e. The molecule has 0 aliphatic rings. The molecule has 1 amide bonds. The number of aromatic nitrogens is 2. The highest BCUT2D eigenvalue weighted by atomic mass is 79.9. The summed E-state index contributed by atoms with van der Waals surface area (Å²) in [5.41, 5.74) is 7.73. The summed E-state index contributed by atoms with van der Waals surface area (Å²) in [4.78, 5) is 52.9. The number of Topliss-reactive ketones (excluding diaryl/α,β-unsaturated/α-hetero) is 3. The van der Waals surface area contributed by atoms with E-state index in [0.717, 1.165) is 23.5 Å². The normalized spacial score (nSPS) is 10.0. The highest BCUT2D eigenvalue weighted by Crippen LogP contribution is 2.33. The van der Waals surface area contributed by atoms with E-state index < -0.39 is 52.4 Å². The van der Waals surface area contributed by atoms with E-state index in [0.29, 0.717) is 50.5 Å². The van der Waals surface area contributed by atoms with Gasteiger partial charge in [-0.1, -0.05) is 23.4 Å². The minimum atomic E-state index is -0.642. The number of carbonyl (C=O) groups excluding carboxylic acids is 4. The van der Waals surface area contributed by atoms with E-state index in [2.05, 4.69) is 25.9 Å². The number of benzene rings is 8. The molecular formula is C62H49BrF8N4O9S2. The lowest BCUT2D eigenvalue weighted by atomic mass is 10.1. The summed E-state index contributed by atoms with van der Waals surface area (Å²) in [6, 6.07) is 37.7. The number of primary amides is 1. The molecule has 0 unspecified atom stereocenters. The zero-order chi connectivity index (χ0) is 59.7. The van der Waals surface area contributed by atoms with Crippen molar-refractivity contribution >= 4 is 61.9 Å². The van der Waals surface area contributed by atoms with Crippen molar-refractivity contribution < 1.29 is 78.7 Å². The first-order valence-electron chi connectivity index (χ1n) is 24.0. The van der Waals surface area contributed by atoms with Crippen molar-refractivity contribution in [1.29, 1.82) is 0 Å². The predicted molar refractivity (Wildman–Crippen MR) is 316 cm³/mol. The molecule has 0 saturated carbocycles. The SMILES string of the molecule is C.CC(=O)c1ccc(Oc2ccc(F)cc2)c(F)c1.CC(=O)c1nc(-c2ccc(Oc3ccc(F)cc3)c(F)c2)cs1.N.NC(=O)c1nc(-c2ccc(Oc3ccc(F)cc3)c(F)c2)cs1.O.O=C(CBr)c1ccc(Oc2ccc(F)cc2)c(F)c1. The van der Waals surface area contributed by atoms with Gasteiger partial charge in [0.1, 0.15) is 46.3 Å². The van der Waals surface area contributed by atoms with Crippen LogP contribution in [0.2, 0.25) is 0 Å². The number of hydrogen-bond acceptors (Lipinski definition) is 13. The summed E-state index contributed by atoms with van der Waals surface area (Å²) in [6.45, 7) is 2.79. The summed E-state index contributed by atoms with van der Waals surface area (Å²) < 4.78 is 128. The largest absolute Gasteiger partial charge is 0.454 e. The lowest BCUT2D eigenvalue weighted by molar-refractivity contribution is 0.0994. The second-order valence-electron chi connectivity index (χ2n) is 16.9. The van der Waals surface area contributed by atoms with Crippen LogP contribution in [0, 0.1) is 46.5 Å². The molecule has 0 bridgehead atoms. The van der Waals surface area contributed by atoms with E-state index >= 15 is 0 Å². The maximum absolute atomic E-state index is 14.2. The van der Waals surface area contributed by atoms with Crippen molar-refractivity contribution in [2.45, 2.75) is 21.3 Å². The second-order valence-corrected chi connectivity index (χ2v) is 19.2. The molecule has 10 rings (SSSR count). The highest BCUT2D eigenvalue weighted by molar-refractivity contribution is 9.09. The Morgan fingerprint density at radius 3 is 1.02 bits per heavy atom. The number of rotatable bonds is 15. The minimum absolute atomic E-state index is 0. The Hall–Kier alpha value is -9.46. The molecule has 0 atom stereocenters. The molecule has 0 radical (unpaired) electrons. The Kier molecular flexibility index (Phi) is 26.1. The van der Waals surface area contributed by atoms with Gasteiger partial charge in [0.2, 0.25) is 0 Å². The summed E-state index contributed by atoms with van der Waals surface area (Å²) in [6.07, 6.45) is 0. The molecular weight excluding hydrogens is 1240 g/mol. The fourth-order valence-electron chi connectivity index (χ4n) is 6.73. The third-order valence-electron chi connectivity index (χ3n) is 10.9. The first kappa shape index (κ1) is 69.0. The van der Waals surface area contributed by atoms with E-state index in [1.54, 1.807) is 22.9 Å². The van der Waals surface area contributed by atoms with Gasteiger partial charge >= 0.3 is 0 Å². The zero-order valence-electron chi connectivity index (χ0n) is 44.2. The lowest BCUT2D eigenvalue weighted by Crippen LogP contribution is -2.10. The average Bonchev–Trinajstić information content (AvgIpc) is 3.36. The number of halogens is 9. The standard InChI is InChI=1S/C17H11F2NO2S.C16H10F2N2O2S.C14H9BrF2O2.C14H10F2O2.CH4.H3N.H2O/c1-10(21)17-20-15(9-23-17)11-2-7-16(14(19)8-11)22-13-5-3-12(18)4-6-13;17-10-2-4-11(5-3-10)22-14-6-1-9(7-12(14)18)13-8-23-16(20-13)15(19)21;15-8-13(18)9-1-6-14(12(17)7-9)19-11-4-2-10(16)3-5-11;1-9(17)10-2-7-14(13(16)8-10)18-12-5-3-11(15)4-6-12;;;/h2-9H,1H3;1-8H,(H2,19,21);1-7H,8H2;2-8H,1H3;1H4;1H3;1H2. The van der Waals surface area contributed by atoms with Crippen LogP contribution in [0.5, 0.6) is 46.0 Å². The van der Waals surface area contributed by atoms with Crippen molar-refractivity contribution in [3.8, 4) is 68.5 Å². The molecule has 13 nitrogen and oxygen atoms in total. The molecule has 0 spiro atoms. The van der Waals surface area contributed by atoms with Crippen molar-refractivity contribution in [1.82, 2.24) is 16.1 Å². The summed E-state index contributed by atoms with van der Waals surface area (Å²) in [7, 11) is 0. The van der Waals surface area contributed by atoms with Gasteiger partial charge in [-0.25, -0.2) is 45.1 Å². The number of thiazole rings is 2. The van der Waals surface area contributed by atoms with E-state index in [1.165, 1.54) is 171 Å². The molecule has 86 heavy (non-hydrogen) atoms. The Labute approximate surface area is 503 Å². The van der Waals surface area contributed by atoms with Crippen molar-refractivity contribution in [3.63, 3.8) is 0 Å². The monoisotopic (exact) mass is 1290 g/mol. The van der Waals surface area contributed by atoms with Crippen LogP contribution >= 0.6 is 38.6 Å². The Bertz CT molecular complexity index is 3770. The van der Waals surface area contributed by atoms with E-state index in [4.69, 9.17) is 24.7 Å². The maximum Gasteiger partial charge on any atom is 0.277 e.